The summed E-state index contributed by atoms with van der Waals surface area (Å²) in [4.78, 5) is 2.63. The predicted octanol–water partition coefficient (Wildman–Crippen LogP) is 3.22. The summed E-state index contributed by atoms with van der Waals surface area (Å²) < 4.78 is 0. The Bertz CT molecular complexity index is 186. The lowest BCUT2D eigenvalue weighted by atomic mass is 9.90. The molecule has 1 atom stereocenters. The van der Waals surface area contributed by atoms with Crippen LogP contribution in [-0.4, -0.2) is 23.5 Å². The lowest BCUT2D eigenvalue weighted by Crippen LogP contribution is -2.37. The van der Waals surface area contributed by atoms with E-state index < -0.39 is 0 Å². The monoisotopic (exact) mass is 181 g/mol. The van der Waals surface area contributed by atoms with Gasteiger partial charge in [-0.15, -0.1) is 0 Å². The number of fused-ring (bicyclic) bond motifs is 1. The molecule has 2 fully saturated rings. The second-order valence-corrected chi connectivity index (χ2v) is 4.03. The molecule has 0 aromatic heterocycles. The van der Waals surface area contributed by atoms with Crippen LogP contribution in [-0.2, 0) is 0 Å². The van der Waals surface area contributed by atoms with Gasteiger partial charge in [-0.05, 0) is 32.2 Å². The van der Waals surface area contributed by atoms with Crippen molar-refractivity contribution in [1.29, 1.82) is 0 Å². The van der Waals surface area contributed by atoms with Gasteiger partial charge in [0, 0.05) is 12.1 Å². The SMILES string of the molecule is C=C1CN2CCC[C@@]2(CC)C1.CC. The van der Waals surface area contributed by atoms with Gasteiger partial charge in [-0.1, -0.05) is 32.9 Å². The van der Waals surface area contributed by atoms with Crippen molar-refractivity contribution in [3.8, 4) is 0 Å². The van der Waals surface area contributed by atoms with Gasteiger partial charge in [0.25, 0.3) is 0 Å². The molecular weight excluding hydrogens is 158 g/mol. The van der Waals surface area contributed by atoms with E-state index in [1.165, 1.54) is 44.3 Å². The molecule has 0 N–H and O–H groups in total. The third kappa shape index (κ3) is 1.80. The fourth-order valence-corrected chi connectivity index (χ4v) is 2.76. The standard InChI is InChI=1S/C10H17N.C2H6/c1-3-10-5-4-6-11(10)8-9(2)7-10;1-2/h2-8H2,1H3;1-2H3/t10-;/m0./s1. The molecule has 0 bridgehead atoms. The van der Waals surface area contributed by atoms with Crippen molar-refractivity contribution in [2.45, 2.75) is 52.0 Å². The number of hydrogen-bond donors (Lipinski definition) is 0. The van der Waals surface area contributed by atoms with E-state index in [2.05, 4.69) is 18.4 Å². The van der Waals surface area contributed by atoms with Crippen LogP contribution in [0.4, 0.5) is 0 Å². The van der Waals surface area contributed by atoms with E-state index >= 15 is 0 Å². The van der Waals surface area contributed by atoms with Gasteiger partial charge in [0.05, 0.1) is 0 Å². The van der Waals surface area contributed by atoms with E-state index in [-0.39, 0.29) is 0 Å². The minimum Gasteiger partial charge on any atom is -0.293 e. The van der Waals surface area contributed by atoms with Crippen molar-refractivity contribution in [1.82, 2.24) is 4.90 Å². The molecule has 13 heavy (non-hydrogen) atoms. The van der Waals surface area contributed by atoms with Gasteiger partial charge in [0.15, 0.2) is 0 Å². The maximum atomic E-state index is 4.09. The van der Waals surface area contributed by atoms with Crippen molar-refractivity contribution in [3.63, 3.8) is 0 Å². The van der Waals surface area contributed by atoms with Crippen molar-refractivity contribution in [2.75, 3.05) is 13.1 Å². The van der Waals surface area contributed by atoms with Crippen LogP contribution in [0.1, 0.15) is 46.5 Å². The summed E-state index contributed by atoms with van der Waals surface area (Å²) in [5.74, 6) is 0. The zero-order chi connectivity index (χ0) is 9.90. The fourth-order valence-electron chi connectivity index (χ4n) is 2.76. The lowest BCUT2D eigenvalue weighted by molar-refractivity contribution is 0.189. The molecule has 2 saturated heterocycles. The van der Waals surface area contributed by atoms with Gasteiger partial charge in [-0.2, -0.15) is 0 Å². The van der Waals surface area contributed by atoms with Crippen LogP contribution in [0.25, 0.3) is 0 Å². The molecule has 2 rings (SSSR count). The molecule has 2 heterocycles. The van der Waals surface area contributed by atoms with E-state index in [9.17, 15) is 0 Å². The summed E-state index contributed by atoms with van der Waals surface area (Å²) in [6.07, 6.45) is 5.39. The second kappa shape index (κ2) is 4.28. The van der Waals surface area contributed by atoms with Gasteiger partial charge in [-0.25, -0.2) is 0 Å². The van der Waals surface area contributed by atoms with E-state index in [1.54, 1.807) is 0 Å². The Morgan fingerprint density at radius 2 is 2.15 bits per heavy atom. The molecule has 2 aliphatic rings. The molecule has 0 spiro atoms. The number of nitrogens with zero attached hydrogens (tertiary/aromatic N) is 1. The van der Waals surface area contributed by atoms with Crippen LogP contribution in [0.2, 0.25) is 0 Å². The highest BCUT2D eigenvalue weighted by atomic mass is 15.2. The first kappa shape index (κ1) is 10.8. The highest BCUT2D eigenvalue weighted by molar-refractivity contribution is 5.16. The van der Waals surface area contributed by atoms with Crippen LogP contribution in [0.5, 0.6) is 0 Å². The van der Waals surface area contributed by atoms with Crippen LogP contribution < -0.4 is 0 Å². The summed E-state index contributed by atoms with van der Waals surface area (Å²) in [6, 6.07) is 0. The maximum Gasteiger partial charge on any atom is 0.0248 e. The maximum absolute atomic E-state index is 4.09. The average molecular weight is 181 g/mol. The van der Waals surface area contributed by atoms with Crippen molar-refractivity contribution in [3.05, 3.63) is 12.2 Å². The van der Waals surface area contributed by atoms with E-state index in [4.69, 9.17) is 0 Å². The van der Waals surface area contributed by atoms with E-state index in [1.807, 2.05) is 13.8 Å². The van der Waals surface area contributed by atoms with E-state index in [0.29, 0.717) is 5.54 Å². The Kier molecular flexibility index (Phi) is 3.55. The summed E-state index contributed by atoms with van der Waals surface area (Å²) in [5.41, 5.74) is 2.00. The normalized spacial score (nSPS) is 32.7. The number of hydrogen-bond acceptors (Lipinski definition) is 1. The molecule has 0 aromatic carbocycles. The van der Waals surface area contributed by atoms with Crippen molar-refractivity contribution < 1.29 is 0 Å². The van der Waals surface area contributed by atoms with Gasteiger partial charge in [-0.3, -0.25) is 4.90 Å². The highest BCUT2D eigenvalue weighted by Crippen LogP contribution is 2.42. The lowest BCUT2D eigenvalue weighted by Gasteiger charge is -2.29. The third-order valence-corrected chi connectivity index (χ3v) is 3.39. The Labute approximate surface area is 82.8 Å². The molecule has 0 amide bonds. The molecule has 0 aromatic rings. The van der Waals surface area contributed by atoms with E-state index in [0.717, 1.165) is 0 Å². The fraction of sp³-hybridized carbons (Fsp3) is 0.833. The Balaban J connectivity index is 0.000000396. The summed E-state index contributed by atoms with van der Waals surface area (Å²) in [7, 11) is 0. The average Bonchev–Trinajstić information content (AvgIpc) is 2.64. The Morgan fingerprint density at radius 1 is 1.46 bits per heavy atom. The first-order valence-corrected chi connectivity index (χ1v) is 5.68. The first-order chi connectivity index (χ1) is 6.27. The predicted molar refractivity (Wildman–Crippen MR) is 58.9 cm³/mol. The molecule has 0 radical (unpaired) electrons. The minimum absolute atomic E-state index is 0.553. The highest BCUT2D eigenvalue weighted by Gasteiger charge is 2.43. The van der Waals surface area contributed by atoms with Crippen molar-refractivity contribution >= 4 is 0 Å². The molecule has 0 saturated carbocycles. The molecular formula is C12H23N. The van der Waals surface area contributed by atoms with Crippen molar-refractivity contribution in [2.24, 2.45) is 0 Å². The first-order valence-electron chi connectivity index (χ1n) is 5.68. The topological polar surface area (TPSA) is 3.24 Å². The van der Waals surface area contributed by atoms with Crippen LogP contribution in [0, 0.1) is 0 Å². The second-order valence-electron chi connectivity index (χ2n) is 4.03. The molecule has 76 valence electrons. The zero-order valence-electron chi connectivity index (χ0n) is 9.40. The van der Waals surface area contributed by atoms with Gasteiger partial charge < -0.3 is 0 Å². The summed E-state index contributed by atoms with van der Waals surface area (Å²) >= 11 is 0. The van der Waals surface area contributed by atoms with Gasteiger partial charge in [0.2, 0.25) is 0 Å². The van der Waals surface area contributed by atoms with Crippen LogP contribution >= 0.6 is 0 Å². The van der Waals surface area contributed by atoms with Gasteiger partial charge >= 0.3 is 0 Å². The molecule has 0 unspecified atom stereocenters. The molecule has 2 aliphatic heterocycles. The third-order valence-electron chi connectivity index (χ3n) is 3.39. The molecule has 1 heteroatoms. The zero-order valence-corrected chi connectivity index (χ0v) is 9.40. The quantitative estimate of drug-likeness (QED) is 0.561. The Hall–Kier alpha value is -0.300. The van der Waals surface area contributed by atoms with Gasteiger partial charge in [0.1, 0.15) is 0 Å². The summed E-state index contributed by atoms with van der Waals surface area (Å²) in [6.45, 7) is 12.9. The van der Waals surface area contributed by atoms with Crippen LogP contribution in [0.3, 0.4) is 0 Å². The van der Waals surface area contributed by atoms with Crippen LogP contribution in [0.15, 0.2) is 12.2 Å². The minimum atomic E-state index is 0.553. The smallest absolute Gasteiger partial charge is 0.0248 e. The molecule has 0 aliphatic carbocycles. The Morgan fingerprint density at radius 3 is 2.69 bits per heavy atom. The molecule has 1 nitrogen and oxygen atoms in total. The summed E-state index contributed by atoms with van der Waals surface area (Å²) in [5, 5.41) is 0. The number of rotatable bonds is 1. The largest absolute Gasteiger partial charge is 0.293 e.